The predicted molar refractivity (Wildman–Crippen MR) is 150 cm³/mol. The van der Waals surface area contributed by atoms with Gasteiger partial charge in [-0.25, -0.2) is 19.9 Å². The van der Waals surface area contributed by atoms with E-state index in [0.29, 0.717) is 41.2 Å². The normalized spacial score (nSPS) is 21.1. The molecule has 43 heavy (non-hydrogen) atoms. The molecule has 1 aliphatic heterocycles. The summed E-state index contributed by atoms with van der Waals surface area (Å²) in [5.74, 6) is -0.991. The van der Waals surface area contributed by atoms with Crippen molar-refractivity contribution in [2.24, 2.45) is 5.41 Å². The number of alkyl halides is 3. The van der Waals surface area contributed by atoms with E-state index in [4.69, 9.17) is 0 Å². The highest BCUT2D eigenvalue weighted by Gasteiger charge is 2.64. The second-order valence-electron chi connectivity index (χ2n) is 11.6. The quantitative estimate of drug-likeness (QED) is 0.321. The Morgan fingerprint density at radius 1 is 1.07 bits per heavy atom. The lowest BCUT2D eigenvalue weighted by molar-refractivity contribution is -0.141. The number of likely N-dealkylation sites (tertiary alicyclic amines) is 1. The standard InChI is InChI=1S/C30H28F3N7O3/c1-15-7-18(19-11-35-17(3)36-12-19)8-20-21(16(2)41)13-39(26(15)20)14-25(42)40-22(9-29(4)10-24(29)40)27(43)38-28-34-6-5-23(37-28)30(31,32)33/h5-8,11-13,22,24H,9-10,14H2,1-4H3,(H,34,37,38,43)/t22-,24+,29-/m0/s1. The van der Waals surface area contributed by atoms with Crippen molar-refractivity contribution in [1.82, 2.24) is 29.4 Å². The molecule has 4 heterocycles. The van der Waals surface area contributed by atoms with Gasteiger partial charge in [0.25, 0.3) is 0 Å². The van der Waals surface area contributed by atoms with Gasteiger partial charge in [-0.3, -0.25) is 19.7 Å². The molecular weight excluding hydrogens is 563 g/mol. The minimum atomic E-state index is -4.70. The molecule has 6 rings (SSSR count). The van der Waals surface area contributed by atoms with E-state index < -0.39 is 29.8 Å². The summed E-state index contributed by atoms with van der Waals surface area (Å²) >= 11 is 0. The zero-order valence-electron chi connectivity index (χ0n) is 23.9. The van der Waals surface area contributed by atoms with Gasteiger partial charge in [0.2, 0.25) is 17.8 Å². The summed E-state index contributed by atoms with van der Waals surface area (Å²) in [6, 6.07) is 3.46. The number of carbonyl (C=O) groups is 3. The predicted octanol–water partition coefficient (Wildman–Crippen LogP) is 4.74. The first-order chi connectivity index (χ1) is 20.2. The van der Waals surface area contributed by atoms with Crippen molar-refractivity contribution in [3.05, 3.63) is 65.6 Å². The highest BCUT2D eigenvalue weighted by Crippen LogP contribution is 2.59. The summed E-state index contributed by atoms with van der Waals surface area (Å²) in [5, 5.41) is 3.05. The average molecular weight is 592 g/mol. The fourth-order valence-corrected chi connectivity index (χ4v) is 6.13. The van der Waals surface area contributed by atoms with Gasteiger partial charge in [0.15, 0.2) is 5.78 Å². The van der Waals surface area contributed by atoms with Crippen LogP contribution in [0.15, 0.2) is 43.0 Å². The largest absolute Gasteiger partial charge is 0.433 e. The summed E-state index contributed by atoms with van der Waals surface area (Å²) in [5.41, 5.74) is 2.18. The summed E-state index contributed by atoms with van der Waals surface area (Å²) < 4.78 is 41.1. The lowest BCUT2D eigenvalue weighted by atomic mass is 10.0. The number of Topliss-reactive ketones (excluding diaryl/α,β-unsaturated/α-hetero) is 1. The molecule has 10 nitrogen and oxygen atoms in total. The van der Waals surface area contributed by atoms with E-state index in [9.17, 15) is 27.6 Å². The zero-order valence-corrected chi connectivity index (χ0v) is 23.9. The molecule has 2 fully saturated rings. The van der Waals surface area contributed by atoms with Crippen molar-refractivity contribution < 1.29 is 27.6 Å². The number of piperidine rings is 1. The van der Waals surface area contributed by atoms with Crippen LogP contribution in [0.5, 0.6) is 0 Å². The van der Waals surface area contributed by atoms with Gasteiger partial charge in [-0.15, -0.1) is 0 Å². The number of aromatic nitrogens is 5. The fraction of sp³-hybridized carbons (Fsp3) is 0.367. The second-order valence-corrected chi connectivity index (χ2v) is 11.6. The molecule has 2 aliphatic rings. The van der Waals surface area contributed by atoms with Crippen LogP contribution >= 0.6 is 0 Å². The molecule has 1 N–H and O–H groups in total. The molecule has 0 radical (unpaired) electrons. The van der Waals surface area contributed by atoms with Gasteiger partial charge in [0.05, 0.1) is 5.52 Å². The zero-order chi connectivity index (χ0) is 30.8. The van der Waals surface area contributed by atoms with Crippen molar-refractivity contribution in [3.8, 4) is 11.1 Å². The van der Waals surface area contributed by atoms with Crippen LogP contribution in [0.25, 0.3) is 22.0 Å². The number of fused-ring (bicyclic) bond motifs is 2. The number of nitrogens with zero attached hydrogens (tertiary/aromatic N) is 6. The van der Waals surface area contributed by atoms with Crippen LogP contribution < -0.4 is 5.32 Å². The van der Waals surface area contributed by atoms with Gasteiger partial charge < -0.3 is 9.47 Å². The molecule has 1 saturated carbocycles. The van der Waals surface area contributed by atoms with Crippen molar-refractivity contribution in [1.29, 1.82) is 0 Å². The number of nitrogens with one attached hydrogen (secondary N) is 1. The molecule has 3 atom stereocenters. The molecule has 0 unspecified atom stereocenters. The Morgan fingerprint density at radius 3 is 2.47 bits per heavy atom. The van der Waals surface area contributed by atoms with E-state index in [2.05, 4.69) is 25.3 Å². The Hall–Kier alpha value is -4.68. The Kier molecular flexibility index (Phi) is 6.58. The van der Waals surface area contributed by atoms with Gasteiger partial charge >= 0.3 is 6.18 Å². The van der Waals surface area contributed by atoms with E-state index in [1.54, 1.807) is 30.1 Å². The second kappa shape index (κ2) is 9.96. The molecule has 222 valence electrons. The number of rotatable bonds is 6. The summed E-state index contributed by atoms with van der Waals surface area (Å²) in [7, 11) is 0. The Labute approximate surface area is 244 Å². The smallest absolute Gasteiger partial charge is 0.337 e. The number of benzene rings is 1. The summed E-state index contributed by atoms with van der Waals surface area (Å²) in [4.78, 5) is 57.0. The average Bonchev–Trinajstić information content (AvgIpc) is 3.29. The lowest BCUT2D eigenvalue weighted by Gasteiger charge is -2.27. The molecule has 1 saturated heterocycles. The van der Waals surface area contributed by atoms with E-state index >= 15 is 0 Å². The molecule has 3 aromatic heterocycles. The maximum Gasteiger partial charge on any atom is 0.433 e. The first-order valence-electron chi connectivity index (χ1n) is 13.7. The van der Waals surface area contributed by atoms with Gasteiger partial charge in [-0.2, -0.15) is 13.2 Å². The van der Waals surface area contributed by atoms with Crippen LogP contribution in [-0.4, -0.2) is 59.1 Å². The molecule has 4 aromatic rings. The van der Waals surface area contributed by atoms with Crippen LogP contribution in [0.4, 0.5) is 19.1 Å². The molecular formula is C30H28F3N7O3. The fourth-order valence-electron chi connectivity index (χ4n) is 6.13. The highest BCUT2D eigenvalue weighted by molar-refractivity contribution is 6.09. The molecule has 2 amide bonds. The third-order valence-corrected chi connectivity index (χ3v) is 8.37. The SMILES string of the molecule is CC(=O)c1cn(CC(=O)N2[C@H](C(=O)Nc3nccc(C(F)(F)F)n3)C[C@@]3(C)C[C@@H]23)c2c(C)cc(-c3cnc(C)nc3)cc12. The number of aryl methyl sites for hydroxylation is 2. The topological polar surface area (TPSA) is 123 Å². The molecule has 1 aliphatic carbocycles. The van der Waals surface area contributed by atoms with Crippen molar-refractivity contribution in [3.63, 3.8) is 0 Å². The van der Waals surface area contributed by atoms with E-state index in [1.165, 1.54) is 11.8 Å². The number of ketones is 1. The third kappa shape index (κ3) is 5.12. The number of halogens is 3. The minimum Gasteiger partial charge on any atom is -0.337 e. The van der Waals surface area contributed by atoms with Crippen LogP contribution in [0.3, 0.4) is 0 Å². The van der Waals surface area contributed by atoms with E-state index in [0.717, 1.165) is 22.9 Å². The highest BCUT2D eigenvalue weighted by atomic mass is 19.4. The van der Waals surface area contributed by atoms with E-state index in [-0.39, 0.29) is 29.7 Å². The molecule has 0 spiro atoms. The first-order valence-corrected chi connectivity index (χ1v) is 13.7. The van der Waals surface area contributed by atoms with E-state index in [1.807, 2.05) is 26.0 Å². The maximum atomic E-state index is 13.8. The first kappa shape index (κ1) is 28.4. The third-order valence-electron chi connectivity index (χ3n) is 8.37. The van der Waals surface area contributed by atoms with Gasteiger partial charge in [0.1, 0.15) is 24.1 Å². The Morgan fingerprint density at radius 2 is 1.79 bits per heavy atom. The number of anilines is 1. The Bertz CT molecular complexity index is 1800. The van der Waals surface area contributed by atoms with Crippen LogP contribution in [-0.2, 0) is 22.3 Å². The maximum absolute atomic E-state index is 13.8. The molecule has 1 aromatic carbocycles. The molecule has 0 bridgehead atoms. The van der Waals surface area contributed by atoms with Crippen LogP contribution in [0.2, 0.25) is 0 Å². The number of carbonyl (C=O) groups excluding carboxylic acids is 3. The van der Waals surface area contributed by atoms with Crippen LogP contribution in [0, 0.1) is 19.3 Å². The molecule has 13 heteroatoms. The minimum absolute atomic E-state index is 0.131. The van der Waals surface area contributed by atoms with Crippen molar-refractivity contribution >= 4 is 34.4 Å². The summed E-state index contributed by atoms with van der Waals surface area (Å²) in [6.07, 6.45) is 2.39. The van der Waals surface area contributed by atoms with Crippen LogP contribution in [0.1, 0.15) is 54.1 Å². The number of hydrogen-bond acceptors (Lipinski definition) is 7. The lowest BCUT2D eigenvalue weighted by Crippen LogP contribution is -2.46. The van der Waals surface area contributed by atoms with Gasteiger partial charge in [-0.1, -0.05) is 6.92 Å². The Balaban J connectivity index is 1.29. The monoisotopic (exact) mass is 591 g/mol. The summed E-state index contributed by atoms with van der Waals surface area (Å²) in [6.45, 7) is 7.00. The van der Waals surface area contributed by atoms with Gasteiger partial charge in [-0.05, 0) is 68.4 Å². The van der Waals surface area contributed by atoms with Crippen molar-refractivity contribution in [2.75, 3.05) is 5.32 Å². The number of amides is 2. The van der Waals surface area contributed by atoms with Gasteiger partial charge in [0, 0.05) is 47.3 Å². The van der Waals surface area contributed by atoms with Crippen molar-refractivity contribution in [2.45, 2.75) is 65.3 Å². The number of hydrogen-bond donors (Lipinski definition) is 1.